The molecular formula is C29H30Cl2N6O4S. The highest BCUT2D eigenvalue weighted by molar-refractivity contribution is 7.89. The number of carbonyl (C=O) groups is 1. The van der Waals surface area contributed by atoms with E-state index in [1.807, 2.05) is 23.1 Å². The maximum Gasteiger partial charge on any atom is 0.243 e. The normalized spacial score (nSPS) is 18.1. The zero-order chi connectivity index (χ0) is 28.4. The number of fused-ring (bicyclic) bond motifs is 1. The molecule has 0 aliphatic carbocycles. The highest BCUT2D eigenvalue weighted by Crippen LogP contribution is 2.28. The van der Waals surface area contributed by atoms with Crippen molar-refractivity contribution in [3.8, 4) is 11.1 Å². The summed E-state index contributed by atoms with van der Waals surface area (Å²) in [5.41, 5.74) is 1.79. The molecule has 220 valence electrons. The van der Waals surface area contributed by atoms with E-state index >= 15 is 0 Å². The molecule has 0 spiro atoms. The lowest BCUT2D eigenvalue weighted by atomic mass is 10.1. The lowest BCUT2D eigenvalue weighted by molar-refractivity contribution is -0.135. The van der Waals surface area contributed by atoms with Crippen LogP contribution < -0.4 is 4.90 Å². The van der Waals surface area contributed by atoms with Gasteiger partial charge < -0.3 is 14.5 Å². The van der Waals surface area contributed by atoms with Crippen LogP contribution in [0, 0.1) is 0 Å². The summed E-state index contributed by atoms with van der Waals surface area (Å²) in [6.07, 6.45) is 7.03. The Bertz CT molecular complexity index is 1650. The number of rotatable bonds is 6. The number of nitrogens with zero attached hydrogens (tertiary/aromatic N) is 6. The van der Waals surface area contributed by atoms with Crippen LogP contribution in [-0.2, 0) is 19.6 Å². The van der Waals surface area contributed by atoms with Crippen molar-refractivity contribution in [3.05, 3.63) is 78.3 Å². The average Bonchev–Trinajstić information content (AvgIpc) is 3.01. The SMILES string of the molecule is Cl.O=C(CC1CN(S(=O)(=O)c2ccc3cc(Cl)ccc3c2)CCN1c1ncc(-c2ccncc2)cn1)N1CCOCC1. The molecule has 0 saturated carbocycles. The highest BCUT2D eigenvalue weighted by atomic mass is 35.5. The molecule has 2 aromatic carbocycles. The maximum atomic E-state index is 13.8. The van der Waals surface area contributed by atoms with Crippen molar-refractivity contribution < 1.29 is 17.9 Å². The molecule has 0 bridgehead atoms. The molecule has 2 fully saturated rings. The van der Waals surface area contributed by atoms with Crippen molar-refractivity contribution in [2.75, 3.05) is 50.8 Å². The van der Waals surface area contributed by atoms with Crippen LogP contribution in [0.2, 0.25) is 5.02 Å². The molecule has 1 unspecified atom stereocenters. The number of carbonyl (C=O) groups excluding carboxylic acids is 1. The van der Waals surface area contributed by atoms with E-state index in [2.05, 4.69) is 15.0 Å². The molecule has 13 heteroatoms. The van der Waals surface area contributed by atoms with Gasteiger partial charge >= 0.3 is 0 Å². The first-order valence-corrected chi connectivity index (χ1v) is 15.2. The van der Waals surface area contributed by atoms with Crippen LogP contribution >= 0.6 is 24.0 Å². The minimum Gasteiger partial charge on any atom is -0.378 e. The summed E-state index contributed by atoms with van der Waals surface area (Å²) in [7, 11) is -3.82. The van der Waals surface area contributed by atoms with Gasteiger partial charge in [0.1, 0.15) is 0 Å². The van der Waals surface area contributed by atoms with Gasteiger partial charge in [-0.3, -0.25) is 9.78 Å². The van der Waals surface area contributed by atoms with Gasteiger partial charge in [0, 0.05) is 74.5 Å². The second kappa shape index (κ2) is 12.9. The smallest absolute Gasteiger partial charge is 0.243 e. The summed E-state index contributed by atoms with van der Waals surface area (Å²) >= 11 is 6.11. The summed E-state index contributed by atoms with van der Waals surface area (Å²) in [6, 6.07) is 13.7. The summed E-state index contributed by atoms with van der Waals surface area (Å²) in [6.45, 7) is 2.74. The summed E-state index contributed by atoms with van der Waals surface area (Å²) in [4.78, 5) is 30.5. The standard InChI is InChI=1S/C29H29ClN6O4S.ClH/c30-25-3-1-23-16-27(4-2-22(23)15-25)41(38,39)35-9-10-36(26(20-35)17-28(37)34-11-13-40-14-12-34)29-32-18-24(19-33-29)21-5-7-31-8-6-21;/h1-8,15-16,18-19,26H,9-14,17,20H2;1H. The Hall–Kier alpha value is -3.35. The van der Waals surface area contributed by atoms with Crippen molar-refractivity contribution in [2.45, 2.75) is 17.4 Å². The van der Waals surface area contributed by atoms with Crippen LogP contribution in [0.5, 0.6) is 0 Å². The Balaban J connectivity index is 0.00000353. The molecule has 4 heterocycles. The number of ether oxygens (including phenoxy) is 1. The van der Waals surface area contributed by atoms with E-state index in [1.54, 1.807) is 60.0 Å². The van der Waals surface area contributed by atoms with E-state index in [1.165, 1.54) is 4.31 Å². The third-order valence-corrected chi connectivity index (χ3v) is 9.64. The van der Waals surface area contributed by atoms with E-state index in [0.29, 0.717) is 43.8 Å². The Labute approximate surface area is 255 Å². The number of hydrogen-bond acceptors (Lipinski definition) is 8. The average molecular weight is 630 g/mol. The molecule has 42 heavy (non-hydrogen) atoms. The van der Waals surface area contributed by atoms with Gasteiger partial charge in [0.25, 0.3) is 0 Å². The van der Waals surface area contributed by atoms with Crippen LogP contribution in [0.1, 0.15) is 6.42 Å². The zero-order valence-corrected chi connectivity index (χ0v) is 25.1. The van der Waals surface area contributed by atoms with Crippen molar-refractivity contribution >= 4 is 56.7 Å². The van der Waals surface area contributed by atoms with Crippen molar-refractivity contribution in [2.24, 2.45) is 0 Å². The van der Waals surface area contributed by atoms with Gasteiger partial charge in [-0.1, -0.05) is 23.7 Å². The van der Waals surface area contributed by atoms with Gasteiger partial charge in [0.15, 0.2) is 0 Å². The fourth-order valence-electron chi connectivity index (χ4n) is 5.29. The third kappa shape index (κ3) is 6.35. The van der Waals surface area contributed by atoms with Gasteiger partial charge in [0.2, 0.25) is 21.9 Å². The third-order valence-electron chi connectivity index (χ3n) is 7.54. The van der Waals surface area contributed by atoms with Crippen LogP contribution in [0.25, 0.3) is 21.9 Å². The summed E-state index contributed by atoms with van der Waals surface area (Å²) in [5.74, 6) is 0.417. The summed E-state index contributed by atoms with van der Waals surface area (Å²) < 4.78 is 34.5. The minimum absolute atomic E-state index is 0. The second-order valence-corrected chi connectivity index (χ2v) is 12.4. The number of pyridine rings is 1. The summed E-state index contributed by atoms with van der Waals surface area (Å²) in [5, 5.41) is 2.24. The number of amides is 1. The lowest BCUT2D eigenvalue weighted by Gasteiger charge is -2.41. The number of sulfonamides is 1. The minimum atomic E-state index is -3.82. The maximum absolute atomic E-state index is 13.8. The fourth-order valence-corrected chi connectivity index (χ4v) is 6.98. The Morgan fingerprint density at radius 1 is 0.905 bits per heavy atom. The highest BCUT2D eigenvalue weighted by Gasteiger charge is 2.37. The fraction of sp³-hybridized carbons (Fsp3) is 0.310. The molecule has 4 aromatic rings. The molecule has 1 amide bonds. The van der Waals surface area contributed by atoms with Crippen LogP contribution in [0.3, 0.4) is 0 Å². The first-order chi connectivity index (χ1) is 19.9. The van der Waals surface area contributed by atoms with E-state index in [-0.39, 0.29) is 42.7 Å². The molecular weight excluding hydrogens is 599 g/mol. The second-order valence-electron chi connectivity index (χ2n) is 10.1. The lowest BCUT2D eigenvalue weighted by Crippen LogP contribution is -2.57. The van der Waals surface area contributed by atoms with E-state index < -0.39 is 16.1 Å². The molecule has 0 radical (unpaired) electrons. The Morgan fingerprint density at radius 3 is 2.33 bits per heavy atom. The van der Waals surface area contributed by atoms with Crippen molar-refractivity contribution in [1.82, 2.24) is 24.2 Å². The number of morpholine rings is 1. The van der Waals surface area contributed by atoms with Crippen molar-refractivity contribution in [3.63, 3.8) is 0 Å². The van der Waals surface area contributed by atoms with Gasteiger partial charge in [-0.15, -0.1) is 12.4 Å². The molecule has 2 saturated heterocycles. The first-order valence-electron chi connectivity index (χ1n) is 13.4. The van der Waals surface area contributed by atoms with E-state index in [9.17, 15) is 13.2 Å². The molecule has 6 rings (SSSR count). The van der Waals surface area contributed by atoms with E-state index in [4.69, 9.17) is 16.3 Å². The topological polar surface area (TPSA) is 109 Å². The van der Waals surface area contributed by atoms with Gasteiger partial charge in [-0.25, -0.2) is 18.4 Å². The number of aromatic nitrogens is 3. The largest absolute Gasteiger partial charge is 0.378 e. The van der Waals surface area contributed by atoms with Crippen LogP contribution in [0.4, 0.5) is 5.95 Å². The Kier molecular flexibility index (Phi) is 9.24. The number of hydrogen-bond donors (Lipinski definition) is 0. The monoisotopic (exact) mass is 628 g/mol. The first kappa shape index (κ1) is 30.1. The van der Waals surface area contributed by atoms with Gasteiger partial charge in [-0.2, -0.15) is 4.31 Å². The number of halogens is 2. The molecule has 10 nitrogen and oxygen atoms in total. The predicted molar refractivity (Wildman–Crippen MR) is 163 cm³/mol. The van der Waals surface area contributed by atoms with Crippen molar-refractivity contribution in [1.29, 1.82) is 0 Å². The predicted octanol–water partition coefficient (Wildman–Crippen LogP) is 3.90. The molecule has 1 atom stereocenters. The van der Waals surface area contributed by atoms with Gasteiger partial charge in [0.05, 0.1) is 24.2 Å². The quantitative estimate of drug-likeness (QED) is 0.316. The van der Waals surface area contributed by atoms with Gasteiger partial charge in [-0.05, 0) is 52.7 Å². The number of benzene rings is 2. The van der Waals surface area contributed by atoms with E-state index in [0.717, 1.165) is 21.9 Å². The van der Waals surface area contributed by atoms with Crippen LogP contribution in [0.15, 0.2) is 78.2 Å². The number of piperazine rings is 1. The zero-order valence-electron chi connectivity index (χ0n) is 22.7. The molecule has 2 aliphatic rings. The molecule has 2 aromatic heterocycles. The molecule has 2 aliphatic heterocycles. The number of anilines is 1. The van der Waals surface area contributed by atoms with Crippen LogP contribution in [-0.4, -0.2) is 90.5 Å². The molecule has 0 N–H and O–H groups in total. The Morgan fingerprint density at radius 2 is 1.60 bits per heavy atom.